The molecule has 0 aliphatic carbocycles. The van der Waals surface area contributed by atoms with Gasteiger partial charge in [0.15, 0.2) is 0 Å². The van der Waals surface area contributed by atoms with E-state index in [4.69, 9.17) is 39.5 Å². The highest BCUT2D eigenvalue weighted by Crippen LogP contribution is 2.24. The van der Waals surface area contributed by atoms with Gasteiger partial charge in [0.25, 0.3) is 0 Å². The van der Waals surface area contributed by atoms with Crippen molar-refractivity contribution < 1.29 is 22.7 Å². The fourth-order valence-electron chi connectivity index (χ4n) is 3.37. The summed E-state index contributed by atoms with van der Waals surface area (Å²) >= 11 is 11.7. The van der Waals surface area contributed by atoms with Crippen molar-refractivity contribution in [2.75, 3.05) is 18.5 Å². The molecule has 0 aliphatic heterocycles. The van der Waals surface area contributed by atoms with Crippen LogP contribution in [0.4, 0.5) is 5.69 Å². The summed E-state index contributed by atoms with van der Waals surface area (Å²) in [4.78, 5) is 24.8. The summed E-state index contributed by atoms with van der Waals surface area (Å²) in [6.07, 6.45) is 1.78. The lowest BCUT2D eigenvalue weighted by atomic mass is 9.96. The van der Waals surface area contributed by atoms with Crippen LogP contribution in [0.15, 0.2) is 59.3 Å². The molecule has 0 spiro atoms. The zero-order chi connectivity index (χ0) is 28.5. The van der Waals surface area contributed by atoms with E-state index in [0.717, 1.165) is 5.56 Å². The van der Waals surface area contributed by atoms with E-state index in [9.17, 15) is 18.0 Å². The van der Waals surface area contributed by atoms with Crippen LogP contribution in [0.2, 0.25) is 10.0 Å². The normalized spacial score (nSPS) is 12.8. The summed E-state index contributed by atoms with van der Waals surface area (Å²) in [6, 6.07) is 10.9. The molecular weight excluding hydrogens is 553 g/mol. The van der Waals surface area contributed by atoms with Gasteiger partial charge in [0.2, 0.25) is 15.9 Å². The van der Waals surface area contributed by atoms with Crippen molar-refractivity contribution >= 4 is 50.8 Å². The van der Waals surface area contributed by atoms with Crippen molar-refractivity contribution in [3.8, 4) is 0 Å². The maximum atomic E-state index is 12.7. The van der Waals surface area contributed by atoms with Crippen LogP contribution in [0, 0.1) is 11.8 Å². The van der Waals surface area contributed by atoms with Gasteiger partial charge in [0.1, 0.15) is 5.92 Å². The number of esters is 1. The van der Waals surface area contributed by atoms with Crippen LogP contribution < -0.4 is 21.6 Å². The number of rotatable bonds is 13. The van der Waals surface area contributed by atoms with Gasteiger partial charge in [-0.25, -0.2) is 19.0 Å². The minimum Gasteiger partial charge on any atom is -0.465 e. The number of carbonyl (C=O) groups is 2. The maximum Gasteiger partial charge on any atom is 0.318 e. The van der Waals surface area contributed by atoms with Crippen LogP contribution in [-0.4, -0.2) is 38.5 Å². The van der Waals surface area contributed by atoms with Gasteiger partial charge in [-0.1, -0.05) is 49.2 Å². The Labute approximate surface area is 233 Å². The molecule has 0 bridgehead atoms. The van der Waals surface area contributed by atoms with Crippen LogP contribution in [0.1, 0.15) is 32.8 Å². The summed E-state index contributed by atoms with van der Waals surface area (Å²) < 4.78 is 32.3. The number of benzene rings is 2. The summed E-state index contributed by atoms with van der Waals surface area (Å²) in [5.41, 5.74) is 7.43. The first-order valence-electron chi connectivity index (χ1n) is 11.8. The molecule has 0 aromatic heterocycles. The van der Waals surface area contributed by atoms with Crippen LogP contribution in [-0.2, 0) is 30.9 Å². The Morgan fingerprint density at radius 3 is 2.34 bits per heavy atom. The lowest BCUT2D eigenvalue weighted by Crippen LogP contribution is -2.32. The number of hydrogen-bond acceptors (Lipinski definition) is 8. The second-order valence-electron chi connectivity index (χ2n) is 8.90. The highest BCUT2D eigenvalue weighted by Gasteiger charge is 2.29. The fraction of sp³-hybridized carbons (Fsp3) is 0.360. The number of nitrogens with one attached hydrogen (secondary N) is 2. The van der Waals surface area contributed by atoms with Gasteiger partial charge < -0.3 is 20.8 Å². The van der Waals surface area contributed by atoms with E-state index in [1.807, 2.05) is 13.8 Å². The largest absolute Gasteiger partial charge is 0.465 e. The molecule has 208 valence electrons. The topological polar surface area (TPSA) is 157 Å². The van der Waals surface area contributed by atoms with Crippen molar-refractivity contribution in [2.24, 2.45) is 23.4 Å². The third-order valence-electron chi connectivity index (χ3n) is 5.18. The molecule has 2 aromatic rings. The number of anilines is 1. The Hall–Kier alpha value is -2.83. The molecule has 1 amide bonds. The highest BCUT2D eigenvalue weighted by molar-refractivity contribution is 7.89. The Balaban J connectivity index is 1.95. The van der Waals surface area contributed by atoms with Crippen molar-refractivity contribution in [1.29, 1.82) is 0 Å². The zero-order valence-electron chi connectivity index (χ0n) is 21.4. The first kappa shape index (κ1) is 31.4. The maximum absolute atomic E-state index is 12.7. The number of carbonyl (C=O) groups excluding carboxylic acids is 2. The molecule has 0 aliphatic rings. The van der Waals surface area contributed by atoms with E-state index >= 15 is 0 Å². The van der Waals surface area contributed by atoms with Crippen LogP contribution >= 0.6 is 23.2 Å². The lowest BCUT2D eigenvalue weighted by molar-refractivity contribution is -0.151. The monoisotopic (exact) mass is 585 g/mol. The third kappa shape index (κ3) is 9.80. The molecule has 1 atom stereocenters. The Bertz CT molecular complexity index is 1250. The number of nitrogens with two attached hydrogens (primary N) is 2. The number of halogens is 2. The summed E-state index contributed by atoms with van der Waals surface area (Å²) in [7, 11) is -3.86. The minimum atomic E-state index is -3.86. The van der Waals surface area contributed by atoms with Gasteiger partial charge in [0.05, 0.1) is 34.6 Å². The number of nitrogens with zero attached hydrogens (tertiary/aromatic N) is 1. The zero-order valence-corrected chi connectivity index (χ0v) is 23.7. The van der Waals surface area contributed by atoms with Gasteiger partial charge in [-0.2, -0.15) is 0 Å². The van der Waals surface area contributed by atoms with Crippen molar-refractivity contribution in [3.05, 3.63) is 70.0 Å². The molecular formula is C25H33Cl2N5O5S. The highest BCUT2D eigenvalue weighted by atomic mass is 35.5. The minimum absolute atomic E-state index is 0.0470. The molecule has 10 nitrogen and oxygen atoms in total. The molecule has 1 unspecified atom stereocenters. The smallest absolute Gasteiger partial charge is 0.318 e. The average Bonchev–Trinajstić information content (AvgIpc) is 2.84. The van der Waals surface area contributed by atoms with E-state index in [1.165, 1.54) is 29.4 Å². The van der Waals surface area contributed by atoms with Crippen LogP contribution in [0.25, 0.3) is 0 Å². The average molecular weight is 587 g/mol. The van der Waals surface area contributed by atoms with Crippen molar-refractivity contribution in [2.45, 2.75) is 38.6 Å². The molecule has 0 radical (unpaired) electrons. The number of sulfonamides is 1. The SMILES string of the molecule is CCOC(=O)C(CC(C)C)C(=O)Nc1ccc(CN(N)/C=C(\N)CNS(=O)(=O)c2ccc(Cl)c(Cl)c2)cc1. The van der Waals surface area contributed by atoms with Gasteiger partial charge >= 0.3 is 5.97 Å². The molecule has 0 saturated heterocycles. The van der Waals surface area contributed by atoms with Gasteiger partial charge in [-0.15, -0.1) is 0 Å². The van der Waals surface area contributed by atoms with E-state index < -0.39 is 27.8 Å². The number of hydrazine groups is 1. The van der Waals surface area contributed by atoms with Crippen molar-refractivity contribution in [1.82, 2.24) is 9.73 Å². The van der Waals surface area contributed by atoms with E-state index in [1.54, 1.807) is 31.2 Å². The predicted molar refractivity (Wildman–Crippen MR) is 148 cm³/mol. The van der Waals surface area contributed by atoms with E-state index in [2.05, 4.69) is 10.0 Å². The Morgan fingerprint density at radius 2 is 1.76 bits per heavy atom. The Morgan fingerprint density at radius 1 is 1.11 bits per heavy atom. The number of ether oxygens (including phenoxy) is 1. The molecule has 0 heterocycles. The van der Waals surface area contributed by atoms with E-state index in [0.29, 0.717) is 12.1 Å². The first-order chi connectivity index (χ1) is 17.8. The molecule has 0 saturated carbocycles. The molecule has 38 heavy (non-hydrogen) atoms. The third-order valence-corrected chi connectivity index (χ3v) is 7.32. The van der Waals surface area contributed by atoms with Gasteiger partial charge in [0, 0.05) is 17.6 Å². The fourth-order valence-corrected chi connectivity index (χ4v) is 4.77. The van der Waals surface area contributed by atoms with E-state index in [-0.39, 0.29) is 46.3 Å². The molecule has 2 aromatic carbocycles. The summed E-state index contributed by atoms with van der Waals surface area (Å²) in [6.45, 7) is 5.83. The molecule has 0 fully saturated rings. The Kier molecular flexibility index (Phi) is 11.9. The number of hydrogen-bond donors (Lipinski definition) is 4. The van der Waals surface area contributed by atoms with Gasteiger partial charge in [-0.05, 0) is 55.2 Å². The standard InChI is InChI=1S/C25H33Cl2N5O5S/c1-4-37-25(34)21(11-16(2)3)24(33)31-19-7-5-17(6-8-19)14-32(29)15-18(28)13-30-38(35,36)20-9-10-22(26)23(27)12-20/h5-10,12,15-16,21,30H,4,11,13-14,28-29H2,1-3H3,(H,31,33)/b18-15-. The van der Waals surface area contributed by atoms with Gasteiger partial charge in [-0.3, -0.25) is 9.59 Å². The van der Waals surface area contributed by atoms with Crippen molar-refractivity contribution in [3.63, 3.8) is 0 Å². The first-order valence-corrected chi connectivity index (χ1v) is 14.0. The second kappa shape index (κ2) is 14.4. The summed E-state index contributed by atoms with van der Waals surface area (Å²) in [5, 5.41) is 4.41. The second-order valence-corrected chi connectivity index (χ2v) is 11.5. The predicted octanol–water partition coefficient (Wildman–Crippen LogP) is 3.61. The molecule has 6 N–H and O–H groups in total. The quantitative estimate of drug-likeness (QED) is 0.120. The van der Waals surface area contributed by atoms with Crippen LogP contribution in [0.5, 0.6) is 0 Å². The van der Waals surface area contributed by atoms with Crippen LogP contribution in [0.3, 0.4) is 0 Å². The summed E-state index contributed by atoms with van der Waals surface area (Å²) in [5.74, 6) is 4.28. The molecule has 13 heteroatoms. The number of amides is 1. The molecule has 2 rings (SSSR count). The lowest BCUT2D eigenvalue weighted by Gasteiger charge is -2.18.